The van der Waals surface area contributed by atoms with Crippen molar-refractivity contribution in [3.8, 4) is 11.1 Å². The van der Waals surface area contributed by atoms with Gasteiger partial charge in [0, 0.05) is 22.6 Å². The smallest absolute Gasteiger partial charge is 0.129 e. The number of rotatable bonds is 1. The maximum absolute atomic E-state index is 5.98. The molecule has 0 radical (unpaired) electrons. The average Bonchev–Trinajstić information content (AvgIpc) is 2.43. The number of nitrogens with two attached hydrogens (primary N) is 1. The SMILES string of the molecule is Cc1nn(C)c(N)c1-c1ccccc1Br. The molecule has 4 heteroatoms. The van der Waals surface area contributed by atoms with Gasteiger partial charge in [-0.15, -0.1) is 0 Å². The summed E-state index contributed by atoms with van der Waals surface area (Å²) < 4.78 is 2.73. The van der Waals surface area contributed by atoms with Crippen molar-refractivity contribution in [2.45, 2.75) is 6.92 Å². The number of benzene rings is 1. The van der Waals surface area contributed by atoms with Crippen LogP contribution in [0.1, 0.15) is 5.69 Å². The molecule has 0 aliphatic heterocycles. The van der Waals surface area contributed by atoms with Crippen LogP contribution in [0.25, 0.3) is 11.1 Å². The molecule has 0 saturated carbocycles. The first-order chi connectivity index (χ1) is 7.11. The van der Waals surface area contributed by atoms with Gasteiger partial charge >= 0.3 is 0 Å². The molecule has 78 valence electrons. The van der Waals surface area contributed by atoms with Crippen molar-refractivity contribution in [3.05, 3.63) is 34.4 Å². The highest BCUT2D eigenvalue weighted by atomic mass is 79.9. The molecular weight excluding hydrogens is 254 g/mol. The Balaban J connectivity index is 2.69. The number of nitrogen functional groups attached to an aromatic ring is 1. The summed E-state index contributed by atoms with van der Waals surface area (Å²) in [5.41, 5.74) is 9.02. The molecule has 0 saturated heterocycles. The molecule has 0 spiro atoms. The van der Waals surface area contributed by atoms with Crippen molar-refractivity contribution in [3.63, 3.8) is 0 Å². The number of halogens is 1. The standard InChI is InChI=1S/C11H12BrN3/c1-7-10(11(13)15(2)14-7)8-5-3-4-6-9(8)12/h3-6H,13H2,1-2H3. The Morgan fingerprint density at radius 3 is 2.53 bits per heavy atom. The minimum Gasteiger partial charge on any atom is -0.383 e. The Morgan fingerprint density at radius 2 is 2.00 bits per heavy atom. The van der Waals surface area contributed by atoms with Crippen LogP contribution in [-0.4, -0.2) is 9.78 Å². The van der Waals surface area contributed by atoms with Crippen LogP contribution < -0.4 is 5.73 Å². The predicted molar refractivity (Wildman–Crippen MR) is 65.5 cm³/mol. The fourth-order valence-electron chi connectivity index (χ4n) is 1.67. The van der Waals surface area contributed by atoms with Gasteiger partial charge in [-0.3, -0.25) is 4.68 Å². The van der Waals surface area contributed by atoms with Gasteiger partial charge in [-0.25, -0.2) is 0 Å². The van der Waals surface area contributed by atoms with E-state index < -0.39 is 0 Å². The quantitative estimate of drug-likeness (QED) is 0.862. The molecule has 3 nitrogen and oxygen atoms in total. The van der Waals surface area contributed by atoms with E-state index >= 15 is 0 Å². The summed E-state index contributed by atoms with van der Waals surface area (Å²) in [6.07, 6.45) is 0. The molecule has 2 rings (SSSR count). The molecule has 1 heterocycles. The Kier molecular flexibility index (Phi) is 2.52. The van der Waals surface area contributed by atoms with Gasteiger partial charge in [-0.2, -0.15) is 5.10 Å². The first-order valence-electron chi connectivity index (χ1n) is 4.65. The third-order valence-corrected chi connectivity index (χ3v) is 3.10. The second kappa shape index (κ2) is 3.70. The van der Waals surface area contributed by atoms with Crippen LogP contribution in [-0.2, 0) is 7.05 Å². The second-order valence-corrected chi connectivity index (χ2v) is 4.30. The number of nitrogens with zero attached hydrogens (tertiary/aromatic N) is 2. The van der Waals surface area contributed by atoms with Crippen LogP contribution in [0.15, 0.2) is 28.7 Å². The van der Waals surface area contributed by atoms with Crippen LogP contribution in [0, 0.1) is 6.92 Å². The fraction of sp³-hybridized carbons (Fsp3) is 0.182. The van der Waals surface area contributed by atoms with E-state index in [0.29, 0.717) is 5.82 Å². The Bertz CT molecular complexity index is 503. The van der Waals surface area contributed by atoms with Gasteiger partial charge in [0.05, 0.1) is 5.69 Å². The summed E-state index contributed by atoms with van der Waals surface area (Å²) in [4.78, 5) is 0. The van der Waals surface area contributed by atoms with E-state index in [1.807, 2.05) is 38.2 Å². The zero-order chi connectivity index (χ0) is 11.0. The van der Waals surface area contributed by atoms with E-state index in [1.54, 1.807) is 4.68 Å². The zero-order valence-electron chi connectivity index (χ0n) is 8.66. The Labute approximate surface area is 97.0 Å². The third kappa shape index (κ3) is 1.65. The van der Waals surface area contributed by atoms with Crippen molar-refractivity contribution in [2.75, 3.05) is 5.73 Å². The highest BCUT2D eigenvalue weighted by molar-refractivity contribution is 9.10. The van der Waals surface area contributed by atoms with Crippen LogP contribution in [0.4, 0.5) is 5.82 Å². The molecule has 0 aliphatic rings. The topological polar surface area (TPSA) is 43.8 Å². The van der Waals surface area contributed by atoms with E-state index in [4.69, 9.17) is 5.73 Å². The number of anilines is 1. The zero-order valence-corrected chi connectivity index (χ0v) is 10.2. The van der Waals surface area contributed by atoms with E-state index in [-0.39, 0.29) is 0 Å². The van der Waals surface area contributed by atoms with Crippen LogP contribution in [0.2, 0.25) is 0 Å². The van der Waals surface area contributed by atoms with Gasteiger partial charge in [0.2, 0.25) is 0 Å². The molecule has 2 aromatic rings. The lowest BCUT2D eigenvalue weighted by Gasteiger charge is -2.04. The first-order valence-corrected chi connectivity index (χ1v) is 5.44. The second-order valence-electron chi connectivity index (χ2n) is 3.45. The lowest BCUT2D eigenvalue weighted by atomic mass is 10.1. The normalized spacial score (nSPS) is 10.6. The lowest BCUT2D eigenvalue weighted by Crippen LogP contribution is -1.98. The number of hydrogen-bond donors (Lipinski definition) is 1. The van der Waals surface area contributed by atoms with Gasteiger partial charge in [-0.1, -0.05) is 34.1 Å². The van der Waals surface area contributed by atoms with E-state index in [0.717, 1.165) is 21.3 Å². The average molecular weight is 266 g/mol. The maximum atomic E-state index is 5.98. The Morgan fingerprint density at radius 1 is 1.33 bits per heavy atom. The highest BCUT2D eigenvalue weighted by Crippen LogP contribution is 2.33. The van der Waals surface area contributed by atoms with E-state index in [1.165, 1.54) is 0 Å². The number of aryl methyl sites for hydroxylation is 2. The lowest BCUT2D eigenvalue weighted by molar-refractivity contribution is 0.767. The molecule has 1 aromatic heterocycles. The van der Waals surface area contributed by atoms with E-state index in [2.05, 4.69) is 21.0 Å². The molecule has 1 aromatic carbocycles. The van der Waals surface area contributed by atoms with Crippen molar-refractivity contribution in [2.24, 2.45) is 7.05 Å². The summed E-state index contributed by atoms with van der Waals surface area (Å²) in [6, 6.07) is 8.01. The molecule has 15 heavy (non-hydrogen) atoms. The predicted octanol–water partition coefficient (Wildman–Crippen LogP) is 2.74. The number of hydrogen-bond acceptors (Lipinski definition) is 2. The van der Waals surface area contributed by atoms with Gasteiger partial charge < -0.3 is 5.73 Å². The summed E-state index contributed by atoms with van der Waals surface area (Å²) in [5, 5.41) is 4.30. The number of aromatic nitrogens is 2. The van der Waals surface area contributed by atoms with Gasteiger partial charge in [-0.05, 0) is 13.0 Å². The van der Waals surface area contributed by atoms with Crippen LogP contribution in [0.5, 0.6) is 0 Å². The fourth-order valence-corrected chi connectivity index (χ4v) is 2.16. The largest absolute Gasteiger partial charge is 0.383 e. The van der Waals surface area contributed by atoms with Crippen molar-refractivity contribution in [1.82, 2.24) is 9.78 Å². The van der Waals surface area contributed by atoms with E-state index in [9.17, 15) is 0 Å². The summed E-state index contributed by atoms with van der Waals surface area (Å²) >= 11 is 3.52. The van der Waals surface area contributed by atoms with Crippen molar-refractivity contribution < 1.29 is 0 Å². The van der Waals surface area contributed by atoms with Crippen molar-refractivity contribution in [1.29, 1.82) is 0 Å². The first kappa shape index (κ1) is 10.2. The summed E-state index contributed by atoms with van der Waals surface area (Å²) in [6.45, 7) is 1.96. The summed E-state index contributed by atoms with van der Waals surface area (Å²) in [5.74, 6) is 0.694. The summed E-state index contributed by atoms with van der Waals surface area (Å²) in [7, 11) is 1.85. The third-order valence-electron chi connectivity index (χ3n) is 2.41. The highest BCUT2D eigenvalue weighted by Gasteiger charge is 2.14. The minimum absolute atomic E-state index is 0.694. The monoisotopic (exact) mass is 265 g/mol. The maximum Gasteiger partial charge on any atom is 0.129 e. The molecule has 0 amide bonds. The van der Waals surface area contributed by atoms with Crippen LogP contribution in [0.3, 0.4) is 0 Å². The van der Waals surface area contributed by atoms with Gasteiger partial charge in [0.1, 0.15) is 5.82 Å². The van der Waals surface area contributed by atoms with Crippen molar-refractivity contribution >= 4 is 21.7 Å². The molecule has 0 bridgehead atoms. The Hall–Kier alpha value is -1.29. The van der Waals surface area contributed by atoms with Gasteiger partial charge in [0.25, 0.3) is 0 Å². The molecular formula is C11H12BrN3. The molecule has 0 aliphatic carbocycles. The molecule has 0 unspecified atom stereocenters. The minimum atomic E-state index is 0.694. The molecule has 0 atom stereocenters. The van der Waals surface area contributed by atoms with Gasteiger partial charge in [0.15, 0.2) is 0 Å². The molecule has 0 fully saturated rings. The van der Waals surface area contributed by atoms with Crippen LogP contribution >= 0.6 is 15.9 Å². The molecule has 2 N–H and O–H groups in total.